The second kappa shape index (κ2) is 6.29. The van der Waals surface area contributed by atoms with Gasteiger partial charge in [-0.2, -0.15) is 0 Å². The summed E-state index contributed by atoms with van der Waals surface area (Å²) in [5.74, 6) is 0.220. The third-order valence-electron chi connectivity index (χ3n) is 6.16. The van der Waals surface area contributed by atoms with E-state index in [0.29, 0.717) is 0 Å². The Bertz CT molecular complexity index is 899. The molecule has 134 valence electrons. The molecule has 26 heavy (non-hydrogen) atoms. The lowest BCUT2D eigenvalue weighted by molar-refractivity contribution is 0.751. The van der Waals surface area contributed by atoms with Crippen molar-refractivity contribution in [2.24, 2.45) is 5.92 Å². The minimum Gasteiger partial charge on any atom is -0.113 e. The molecule has 0 N–H and O–H groups in total. The van der Waals surface area contributed by atoms with E-state index in [-0.39, 0.29) is 16.7 Å². The highest BCUT2D eigenvalue weighted by Crippen LogP contribution is 2.52. The minimum atomic E-state index is -0.0735. The lowest BCUT2D eigenvalue weighted by atomic mass is 9.88. The molecule has 0 saturated carbocycles. The molecule has 0 aromatic heterocycles. The number of hydrogen-bond acceptors (Lipinski definition) is 0. The third-order valence-corrected chi connectivity index (χ3v) is 7.10. The van der Waals surface area contributed by atoms with E-state index in [2.05, 4.69) is 71.0 Å². The van der Waals surface area contributed by atoms with Crippen LogP contribution in [0.3, 0.4) is 0 Å². The van der Waals surface area contributed by atoms with Crippen LogP contribution in [0.15, 0.2) is 35.4 Å². The Morgan fingerprint density at radius 2 is 1.00 bits per heavy atom. The predicted molar refractivity (Wildman–Crippen MR) is 114 cm³/mol. The molecule has 2 unspecified atom stereocenters. The monoisotopic (exact) mass is 382 g/mol. The number of fused-ring (bicyclic) bond motifs is 2. The van der Waals surface area contributed by atoms with Crippen LogP contribution < -0.4 is 0 Å². The highest BCUT2D eigenvalue weighted by atomic mass is 35.5. The van der Waals surface area contributed by atoms with Crippen molar-refractivity contribution >= 4 is 35.4 Å². The summed E-state index contributed by atoms with van der Waals surface area (Å²) in [7, 11) is 0. The van der Waals surface area contributed by atoms with Crippen LogP contribution in [-0.2, 0) is 0 Å². The standard InChI is InChI=1S/C24H24Cl2/c1-12-6-8-14(3)21-17(12)10-19(23(21)25)16(5)20-11-18-13(2)7-9-15(4)22(18)24(20)26/h6-11,16,23-24H,1-5H3. The van der Waals surface area contributed by atoms with Crippen LogP contribution in [0.5, 0.6) is 0 Å². The lowest BCUT2D eigenvalue weighted by Gasteiger charge is -2.22. The summed E-state index contributed by atoms with van der Waals surface area (Å²) in [4.78, 5) is 0. The van der Waals surface area contributed by atoms with Gasteiger partial charge >= 0.3 is 0 Å². The minimum absolute atomic E-state index is 0.0735. The summed E-state index contributed by atoms with van der Waals surface area (Å²) >= 11 is 13.9. The number of alkyl halides is 2. The zero-order chi connectivity index (χ0) is 18.7. The molecular weight excluding hydrogens is 359 g/mol. The van der Waals surface area contributed by atoms with E-state index in [1.165, 1.54) is 55.7 Å². The first kappa shape index (κ1) is 17.9. The zero-order valence-corrected chi connectivity index (χ0v) is 17.5. The molecule has 0 fully saturated rings. The highest BCUT2D eigenvalue weighted by molar-refractivity contribution is 6.25. The van der Waals surface area contributed by atoms with Crippen LogP contribution in [0, 0.1) is 33.6 Å². The number of rotatable bonds is 2. The van der Waals surface area contributed by atoms with E-state index in [4.69, 9.17) is 23.2 Å². The molecule has 2 aliphatic rings. The van der Waals surface area contributed by atoms with Crippen molar-refractivity contribution in [1.82, 2.24) is 0 Å². The molecule has 0 spiro atoms. The number of aryl methyl sites for hydroxylation is 4. The molecule has 0 nitrogen and oxygen atoms in total. The molecule has 0 bridgehead atoms. The van der Waals surface area contributed by atoms with Gasteiger partial charge in [-0.25, -0.2) is 0 Å². The van der Waals surface area contributed by atoms with Crippen molar-refractivity contribution < 1.29 is 0 Å². The molecule has 0 radical (unpaired) electrons. The molecule has 0 aliphatic heterocycles. The van der Waals surface area contributed by atoms with Crippen LogP contribution in [0.1, 0.15) is 62.2 Å². The van der Waals surface area contributed by atoms with Crippen molar-refractivity contribution in [3.05, 3.63) is 79.9 Å². The molecule has 0 saturated heterocycles. The quantitative estimate of drug-likeness (QED) is 0.468. The molecule has 2 aliphatic carbocycles. The molecule has 4 rings (SSSR count). The van der Waals surface area contributed by atoms with Gasteiger partial charge in [-0.1, -0.05) is 43.3 Å². The fraction of sp³-hybridized carbons (Fsp3) is 0.333. The van der Waals surface area contributed by atoms with Crippen LogP contribution in [-0.4, -0.2) is 0 Å². The van der Waals surface area contributed by atoms with Crippen LogP contribution in [0.2, 0.25) is 0 Å². The third kappa shape index (κ3) is 2.50. The molecule has 2 aromatic rings. The average Bonchev–Trinajstić information content (AvgIpc) is 3.14. The van der Waals surface area contributed by atoms with Gasteiger partial charge in [0.15, 0.2) is 0 Å². The van der Waals surface area contributed by atoms with Gasteiger partial charge < -0.3 is 0 Å². The number of hydrogen-bond donors (Lipinski definition) is 0. The normalized spacial score (nSPS) is 22.0. The van der Waals surface area contributed by atoms with Gasteiger partial charge in [-0.15, -0.1) is 23.2 Å². The van der Waals surface area contributed by atoms with Crippen LogP contribution in [0.4, 0.5) is 0 Å². The summed E-state index contributed by atoms with van der Waals surface area (Å²) in [6.45, 7) is 10.9. The first-order valence-corrected chi connectivity index (χ1v) is 10.1. The van der Waals surface area contributed by atoms with Gasteiger partial charge in [0.2, 0.25) is 0 Å². The maximum Gasteiger partial charge on any atom is 0.0812 e. The summed E-state index contributed by atoms with van der Waals surface area (Å²) in [5, 5.41) is -0.147. The number of halogens is 2. The van der Waals surface area contributed by atoms with Crippen LogP contribution in [0.25, 0.3) is 12.2 Å². The molecule has 0 amide bonds. The second-order valence-corrected chi connectivity index (χ2v) is 8.66. The number of benzene rings is 2. The predicted octanol–water partition coefficient (Wildman–Crippen LogP) is 7.61. The van der Waals surface area contributed by atoms with E-state index >= 15 is 0 Å². The van der Waals surface area contributed by atoms with Gasteiger partial charge in [0.05, 0.1) is 10.8 Å². The van der Waals surface area contributed by atoms with Crippen LogP contribution >= 0.6 is 23.2 Å². The number of allylic oxidation sites excluding steroid dienone is 2. The maximum absolute atomic E-state index is 6.94. The van der Waals surface area contributed by atoms with Gasteiger partial charge in [0, 0.05) is 5.92 Å². The van der Waals surface area contributed by atoms with E-state index in [9.17, 15) is 0 Å². The molecule has 2 heteroatoms. The molecule has 2 aromatic carbocycles. The Kier molecular flexibility index (Phi) is 4.33. The molecular formula is C24H24Cl2. The van der Waals surface area contributed by atoms with E-state index in [1.54, 1.807) is 0 Å². The van der Waals surface area contributed by atoms with Crippen molar-refractivity contribution in [2.75, 3.05) is 0 Å². The maximum atomic E-state index is 6.94. The Hall–Kier alpha value is -1.50. The van der Waals surface area contributed by atoms with Crippen molar-refractivity contribution in [1.29, 1.82) is 0 Å². The Balaban J connectivity index is 1.76. The molecule has 0 heterocycles. The van der Waals surface area contributed by atoms with Crippen molar-refractivity contribution in [3.63, 3.8) is 0 Å². The first-order valence-electron chi connectivity index (χ1n) is 9.22. The van der Waals surface area contributed by atoms with Gasteiger partial charge in [0.1, 0.15) is 0 Å². The van der Waals surface area contributed by atoms with Crippen molar-refractivity contribution in [2.45, 2.75) is 45.4 Å². The summed E-state index contributed by atoms with van der Waals surface area (Å²) < 4.78 is 0. The highest BCUT2D eigenvalue weighted by Gasteiger charge is 2.35. The Labute approximate surface area is 166 Å². The lowest BCUT2D eigenvalue weighted by Crippen LogP contribution is -2.08. The van der Waals surface area contributed by atoms with Gasteiger partial charge in [-0.05, 0) is 83.3 Å². The molecule has 2 atom stereocenters. The first-order chi connectivity index (χ1) is 12.3. The Morgan fingerprint density at radius 3 is 1.35 bits per heavy atom. The SMILES string of the molecule is Cc1ccc(C)c2c1C=C(C(C)C1=Cc3c(C)ccc(C)c3C1Cl)C2Cl. The van der Waals surface area contributed by atoms with Gasteiger partial charge in [0.25, 0.3) is 0 Å². The largest absolute Gasteiger partial charge is 0.113 e. The summed E-state index contributed by atoms with van der Waals surface area (Å²) in [5.41, 5.74) is 12.8. The Morgan fingerprint density at radius 1 is 0.654 bits per heavy atom. The van der Waals surface area contributed by atoms with E-state index in [1.807, 2.05) is 0 Å². The van der Waals surface area contributed by atoms with E-state index < -0.39 is 0 Å². The average molecular weight is 383 g/mol. The summed E-state index contributed by atoms with van der Waals surface area (Å²) in [6, 6.07) is 8.72. The fourth-order valence-electron chi connectivity index (χ4n) is 4.46. The second-order valence-electron chi connectivity index (χ2n) is 7.79. The smallest absolute Gasteiger partial charge is 0.0812 e. The summed E-state index contributed by atoms with van der Waals surface area (Å²) in [6.07, 6.45) is 4.60. The van der Waals surface area contributed by atoms with E-state index in [0.717, 1.165) is 0 Å². The van der Waals surface area contributed by atoms with Crippen molar-refractivity contribution in [3.8, 4) is 0 Å². The van der Waals surface area contributed by atoms with Gasteiger partial charge in [-0.3, -0.25) is 0 Å². The fourth-order valence-corrected chi connectivity index (χ4v) is 5.54. The zero-order valence-electron chi connectivity index (χ0n) is 16.0. The topological polar surface area (TPSA) is 0 Å².